The number of aryl methyl sites for hydroxylation is 2. The minimum absolute atomic E-state index is 0.916. The summed E-state index contributed by atoms with van der Waals surface area (Å²) in [5, 5.41) is 20.1. The second-order valence-electron chi connectivity index (χ2n) is 28.2. The van der Waals surface area contributed by atoms with Crippen molar-refractivity contribution >= 4 is 140 Å². The fourth-order valence-electron chi connectivity index (χ4n) is 17.3. The summed E-state index contributed by atoms with van der Waals surface area (Å²) >= 11 is 1.89. The summed E-state index contributed by atoms with van der Waals surface area (Å²) in [6.45, 7) is 4.30. The largest absolute Gasteiger partial charge is 0.455 e. The van der Waals surface area contributed by atoms with Crippen LogP contribution in [0.25, 0.3) is 207 Å². The molecule has 22 aromatic rings. The van der Waals surface area contributed by atoms with Crippen molar-refractivity contribution in [2.45, 2.75) is 13.8 Å². The van der Waals surface area contributed by atoms with Gasteiger partial charge in [0.05, 0.1) is 22.1 Å². The molecule has 0 aliphatic carbocycles. The molecule has 0 fully saturated rings. The Hall–Kier alpha value is -13.4. The van der Waals surface area contributed by atoms with Crippen LogP contribution in [0.1, 0.15) is 11.1 Å². The minimum Gasteiger partial charge on any atom is -0.455 e. The highest BCUT2D eigenvalue weighted by Gasteiger charge is 2.23. The number of hydrogen-bond donors (Lipinski definition) is 0. The predicted octanol–water partition coefficient (Wildman–Crippen LogP) is 29.1. The molecule has 0 bridgehead atoms. The molecule has 0 radical (unpaired) electrons. The van der Waals surface area contributed by atoms with Crippen LogP contribution in [0.15, 0.2) is 368 Å². The Balaban J connectivity index is 0.000000136. The number of furan rings is 1. The van der Waals surface area contributed by atoms with E-state index >= 15 is 0 Å². The van der Waals surface area contributed by atoms with Crippen LogP contribution in [0, 0.1) is 13.8 Å². The summed E-state index contributed by atoms with van der Waals surface area (Å²) in [5.41, 5.74) is 26.3. The van der Waals surface area contributed by atoms with E-state index in [1.807, 2.05) is 23.5 Å². The SMILES string of the molecule is Cc1ccc(-c2c3ccccc3c(-c3ccc(-n4c5ccccc5c5cc(-c6cccc7c6oc6ccccc67)ccc54)cc3)c3ccccc23)cc1.Cc1ccc(-c2c3ccccc3c(-c3ccc(-n4c5ccccc5c5cc(-c6cccc7c6sc6ccccc67)ccc54)cc3)c3ccccc23)cc1. The van der Waals surface area contributed by atoms with E-state index in [-0.39, 0.29) is 0 Å². The molecule has 106 heavy (non-hydrogen) atoms. The fourth-order valence-corrected chi connectivity index (χ4v) is 18.5. The van der Waals surface area contributed by atoms with Gasteiger partial charge in [-0.1, -0.05) is 302 Å². The van der Waals surface area contributed by atoms with Crippen LogP contribution in [-0.2, 0) is 0 Å². The van der Waals surface area contributed by atoms with Crippen molar-refractivity contribution in [3.63, 3.8) is 0 Å². The van der Waals surface area contributed by atoms with Crippen LogP contribution in [0.4, 0.5) is 0 Å². The summed E-state index contributed by atoms with van der Waals surface area (Å²) in [4.78, 5) is 0. The van der Waals surface area contributed by atoms with Gasteiger partial charge in [-0.3, -0.25) is 0 Å². The van der Waals surface area contributed by atoms with Crippen LogP contribution in [0.3, 0.4) is 0 Å². The number of fused-ring (bicyclic) bond motifs is 16. The van der Waals surface area contributed by atoms with Crippen LogP contribution in [-0.4, -0.2) is 9.13 Å². The number of benzene rings is 18. The molecule has 3 nitrogen and oxygen atoms in total. The third-order valence-electron chi connectivity index (χ3n) is 22.1. The molecule has 4 aromatic heterocycles. The summed E-state index contributed by atoms with van der Waals surface area (Å²) in [6, 6.07) is 133. The lowest BCUT2D eigenvalue weighted by Crippen LogP contribution is -1.94. The van der Waals surface area contributed by atoms with Crippen molar-refractivity contribution in [3.05, 3.63) is 375 Å². The highest BCUT2D eigenvalue weighted by molar-refractivity contribution is 7.26. The zero-order valence-electron chi connectivity index (χ0n) is 58.4. The van der Waals surface area contributed by atoms with Gasteiger partial charge in [0, 0.05) is 69.4 Å². The molecule has 0 aliphatic rings. The molecule has 22 rings (SSSR count). The first-order valence-corrected chi connectivity index (χ1v) is 37.3. The predicted molar refractivity (Wildman–Crippen MR) is 454 cm³/mol. The van der Waals surface area contributed by atoms with Crippen molar-refractivity contribution in [2.75, 3.05) is 0 Å². The van der Waals surface area contributed by atoms with Crippen LogP contribution in [0.2, 0.25) is 0 Å². The van der Waals surface area contributed by atoms with Gasteiger partial charge in [-0.25, -0.2) is 0 Å². The molecular formula is C102H66N2OS. The van der Waals surface area contributed by atoms with E-state index in [0.29, 0.717) is 0 Å². The van der Waals surface area contributed by atoms with Crippen LogP contribution < -0.4 is 0 Å². The van der Waals surface area contributed by atoms with Crippen molar-refractivity contribution in [3.8, 4) is 78.1 Å². The molecule has 0 amide bonds. The first kappa shape index (κ1) is 61.3. The normalized spacial score (nSPS) is 11.9. The van der Waals surface area contributed by atoms with Gasteiger partial charge in [-0.15, -0.1) is 11.3 Å². The molecule has 496 valence electrons. The number of hydrogen-bond acceptors (Lipinski definition) is 2. The summed E-state index contributed by atoms with van der Waals surface area (Å²) in [6.07, 6.45) is 0. The number of aromatic nitrogens is 2. The van der Waals surface area contributed by atoms with Gasteiger partial charge in [0.15, 0.2) is 0 Å². The zero-order valence-corrected chi connectivity index (χ0v) is 59.2. The van der Waals surface area contributed by atoms with Gasteiger partial charge in [0.25, 0.3) is 0 Å². The molecule has 4 heteroatoms. The fraction of sp³-hybridized carbons (Fsp3) is 0.0196. The number of para-hydroxylation sites is 4. The molecular weight excluding hydrogens is 1300 g/mol. The molecule has 0 saturated heterocycles. The van der Waals surface area contributed by atoms with Crippen molar-refractivity contribution in [1.82, 2.24) is 9.13 Å². The third-order valence-corrected chi connectivity index (χ3v) is 23.4. The Kier molecular flexibility index (Phi) is 14.3. The molecule has 0 saturated carbocycles. The van der Waals surface area contributed by atoms with Crippen molar-refractivity contribution < 1.29 is 4.42 Å². The van der Waals surface area contributed by atoms with Gasteiger partial charge in [0.2, 0.25) is 0 Å². The van der Waals surface area contributed by atoms with E-state index in [0.717, 1.165) is 44.4 Å². The van der Waals surface area contributed by atoms with E-state index in [2.05, 4.69) is 375 Å². The Morgan fingerprint density at radius 2 is 0.547 bits per heavy atom. The topological polar surface area (TPSA) is 23.0 Å². The standard InChI is InChI=1S/C51H33NO.C51H33NS/c2*1-32-21-23-33(24-22-32)49-40-13-2-4-15-42(40)50(43-16-5-3-14-41(43)49)34-25-28-36(29-26-34)52-46-19-8-6-11-38(46)45-31-35(27-30-47(45)52)37-17-10-18-44-39-12-7-9-20-48(39)53-51(37)44/h2*2-31H,1H3. The van der Waals surface area contributed by atoms with Crippen molar-refractivity contribution in [2.24, 2.45) is 0 Å². The maximum Gasteiger partial charge on any atom is 0.143 e. The van der Waals surface area contributed by atoms with Gasteiger partial charge >= 0.3 is 0 Å². The molecule has 0 aliphatic heterocycles. The molecule has 18 aromatic carbocycles. The Bertz CT molecular complexity index is 6760. The average Bonchev–Trinajstić information content (AvgIpc) is 1.48. The second-order valence-corrected chi connectivity index (χ2v) is 29.3. The van der Waals surface area contributed by atoms with E-state index in [9.17, 15) is 0 Å². The van der Waals surface area contributed by atoms with E-state index < -0.39 is 0 Å². The Labute approximate surface area is 616 Å². The van der Waals surface area contributed by atoms with Crippen LogP contribution >= 0.6 is 11.3 Å². The van der Waals surface area contributed by atoms with E-state index in [1.165, 1.54) is 174 Å². The minimum atomic E-state index is 0.916. The first-order valence-electron chi connectivity index (χ1n) is 36.5. The zero-order chi connectivity index (χ0) is 70.1. The third kappa shape index (κ3) is 9.79. The molecule has 0 N–H and O–H groups in total. The first-order chi connectivity index (χ1) is 52.4. The van der Waals surface area contributed by atoms with Crippen molar-refractivity contribution in [1.29, 1.82) is 0 Å². The van der Waals surface area contributed by atoms with Gasteiger partial charge in [-0.2, -0.15) is 0 Å². The molecule has 0 atom stereocenters. The summed E-state index contributed by atoms with van der Waals surface area (Å²) in [7, 11) is 0. The maximum atomic E-state index is 6.44. The smallest absolute Gasteiger partial charge is 0.143 e. The van der Waals surface area contributed by atoms with E-state index in [4.69, 9.17) is 4.42 Å². The lowest BCUT2D eigenvalue weighted by molar-refractivity contribution is 0.670. The summed E-state index contributed by atoms with van der Waals surface area (Å²) < 4.78 is 13.9. The lowest BCUT2D eigenvalue weighted by atomic mass is 9.86. The monoisotopic (exact) mass is 1370 g/mol. The number of nitrogens with zero attached hydrogens (tertiary/aromatic N) is 2. The van der Waals surface area contributed by atoms with E-state index in [1.54, 1.807) is 0 Å². The highest BCUT2D eigenvalue weighted by atomic mass is 32.1. The second kappa shape index (κ2) is 24.7. The number of thiophene rings is 1. The Morgan fingerprint density at radius 3 is 0.991 bits per heavy atom. The maximum absolute atomic E-state index is 6.44. The average molecular weight is 1370 g/mol. The quantitative estimate of drug-likeness (QED) is 0.139. The summed E-state index contributed by atoms with van der Waals surface area (Å²) in [5.74, 6) is 0. The van der Waals surface area contributed by atoms with Gasteiger partial charge in [0.1, 0.15) is 11.2 Å². The lowest BCUT2D eigenvalue weighted by Gasteiger charge is -2.18. The highest BCUT2D eigenvalue weighted by Crippen LogP contribution is 2.49. The van der Waals surface area contributed by atoms with Gasteiger partial charge in [-0.05, 0) is 191 Å². The van der Waals surface area contributed by atoms with Gasteiger partial charge < -0.3 is 13.6 Å². The number of rotatable bonds is 8. The Morgan fingerprint density at radius 1 is 0.226 bits per heavy atom. The molecule has 0 spiro atoms. The molecule has 0 unspecified atom stereocenters. The van der Waals surface area contributed by atoms with Crippen LogP contribution in [0.5, 0.6) is 0 Å². The molecule has 4 heterocycles.